The summed E-state index contributed by atoms with van der Waals surface area (Å²) in [6, 6.07) is 13.2. The molecule has 4 rings (SSSR count). The van der Waals surface area contributed by atoms with Crippen molar-refractivity contribution in [1.29, 1.82) is 0 Å². The lowest BCUT2D eigenvalue weighted by Crippen LogP contribution is -2.42. The third kappa shape index (κ3) is 11.3. The number of benzene rings is 2. The number of aryl methyl sites for hydroxylation is 1. The smallest absolute Gasteiger partial charge is 0.480 e. The van der Waals surface area contributed by atoms with E-state index in [2.05, 4.69) is 17.9 Å². The molecule has 0 amide bonds. The van der Waals surface area contributed by atoms with Crippen LogP contribution in [0, 0.1) is 6.92 Å². The number of rotatable bonds is 7. The van der Waals surface area contributed by atoms with Crippen LogP contribution in [0.5, 0.6) is 0 Å². The van der Waals surface area contributed by atoms with Gasteiger partial charge in [-0.3, -0.25) is 9.69 Å². The van der Waals surface area contributed by atoms with Crippen LogP contribution in [0.15, 0.2) is 42.5 Å². The van der Waals surface area contributed by atoms with Crippen molar-refractivity contribution >= 4 is 17.6 Å². The second-order valence-corrected chi connectivity index (χ2v) is 12.3. The Morgan fingerprint density at radius 1 is 1.14 bits per heavy atom. The van der Waals surface area contributed by atoms with Gasteiger partial charge in [0.1, 0.15) is 11.7 Å². The van der Waals surface area contributed by atoms with E-state index in [4.69, 9.17) is 11.6 Å². The average Bonchev–Trinajstić information content (AvgIpc) is 2.99. The molecule has 2 unspecified atom stereocenters. The number of piperidine rings is 1. The van der Waals surface area contributed by atoms with Gasteiger partial charge in [-0.15, -0.1) is 13.2 Å². The highest BCUT2D eigenvalue weighted by Crippen LogP contribution is 2.41. The van der Waals surface area contributed by atoms with Crippen LogP contribution in [-0.4, -0.2) is 66.6 Å². The number of nitrogens with zero attached hydrogens (tertiary/aromatic N) is 2. The number of likely N-dealkylation sites (tertiary alicyclic amines) is 1. The molecule has 2 aromatic carbocycles. The van der Waals surface area contributed by atoms with Gasteiger partial charge in [-0.2, -0.15) is 0 Å². The number of likely N-dealkylation sites (N-methyl/N-ethyl adjacent to an activating group) is 1. The van der Waals surface area contributed by atoms with E-state index in [0.717, 1.165) is 30.8 Å². The molecular weight excluding hydrogens is 603 g/mol. The van der Waals surface area contributed by atoms with E-state index in [-0.39, 0.29) is 5.92 Å². The number of hydrogen-bond acceptors (Lipinski definition) is 4. The van der Waals surface area contributed by atoms with Gasteiger partial charge in [0.15, 0.2) is 0 Å². The van der Waals surface area contributed by atoms with E-state index in [1.165, 1.54) is 48.2 Å². The second kappa shape index (κ2) is 17.4. The summed E-state index contributed by atoms with van der Waals surface area (Å²) >= 11 is 5.97. The summed E-state index contributed by atoms with van der Waals surface area (Å²) in [6.07, 6.45) is 2.32. The summed E-state index contributed by atoms with van der Waals surface area (Å²) in [6.45, 7) is 8.50. The molecule has 1 aliphatic carbocycles. The molecule has 1 heterocycles. The maximum Gasteiger partial charge on any atom is 0.553 e. The molecule has 0 bridgehead atoms. The third-order valence-corrected chi connectivity index (χ3v) is 9.10. The normalized spacial score (nSPS) is 18.8. The fourth-order valence-electron chi connectivity index (χ4n) is 6.13. The summed E-state index contributed by atoms with van der Waals surface area (Å²) in [4.78, 5) is 17.3. The Hall–Kier alpha value is -2.27. The first-order chi connectivity index (χ1) is 20.6. The maximum absolute atomic E-state index is 14.9. The molecule has 2 fully saturated rings. The number of alkyl halides is 4. The minimum absolute atomic E-state index is 0.0881. The van der Waals surface area contributed by atoms with Crippen LogP contribution in [-0.2, 0) is 9.74 Å². The Bertz CT molecular complexity index is 1170. The molecule has 2 atom stereocenters. The number of carbonyl (C=O) groups is 1. The quantitative estimate of drug-likeness (QED) is 0.303. The SMILES string of the molecule is CC(c1cccc(Cl)c1)C1(F)CCN(C)CC1.CCN(C)C(C(=O)O)c1cccc(C)c1C1CCCCC1.FOC(F)(F)F. The summed E-state index contributed by atoms with van der Waals surface area (Å²) in [5, 5.41) is 10.4. The Morgan fingerprint density at radius 2 is 1.70 bits per heavy atom. The molecule has 1 aliphatic heterocycles. The zero-order valence-electron chi connectivity index (χ0n) is 26.3. The van der Waals surface area contributed by atoms with Gasteiger partial charge in [-0.25, -0.2) is 4.39 Å². The van der Waals surface area contributed by atoms with Crippen molar-refractivity contribution in [3.63, 3.8) is 0 Å². The summed E-state index contributed by atoms with van der Waals surface area (Å²) in [5.41, 5.74) is 3.46. The van der Waals surface area contributed by atoms with Crippen molar-refractivity contribution in [2.45, 2.75) is 95.6 Å². The van der Waals surface area contributed by atoms with Gasteiger partial charge in [0.25, 0.3) is 0 Å². The van der Waals surface area contributed by atoms with E-state index >= 15 is 0 Å². The third-order valence-electron chi connectivity index (χ3n) is 8.87. The number of halogens is 6. The molecule has 0 aromatic heterocycles. The molecule has 1 saturated heterocycles. The van der Waals surface area contributed by atoms with Crippen LogP contribution in [0.3, 0.4) is 0 Å². The average molecular weight is 649 g/mol. The molecule has 44 heavy (non-hydrogen) atoms. The van der Waals surface area contributed by atoms with Crippen molar-refractivity contribution in [3.05, 3.63) is 69.7 Å². The summed E-state index contributed by atoms with van der Waals surface area (Å²) in [5.74, 6) is -0.307. The standard InChI is InChI=1S/C18H27NO2.C14H19ClFN.CF4O/c1-4-19(3)17(18(20)21)15-12-8-9-13(2)16(15)14-10-6-5-7-11-14;1-11(12-4-3-5-13(15)10-12)14(16)6-8-17(2)9-7-14;2-1(3,4)6-5/h8-9,12,14,17H,4-7,10-11H2,1-3H3,(H,20,21);3-5,10-11H,6-9H2,1-2H3;. The monoisotopic (exact) mass is 648 g/mol. The van der Waals surface area contributed by atoms with Gasteiger partial charge in [0, 0.05) is 24.0 Å². The van der Waals surface area contributed by atoms with Crippen LogP contribution in [0.1, 0.15) is 98.9 Å². The predicted octanol–water partition coefficient (Wildman–Crippen LogP) is 9.40. The largest absolute Gasteiger partial charge is 0.553 e. The van der Waals surface area contributed by atoms with Crippen LogP contribution in [0.4, 0.5) is 22.1 Å². The summed E-state index contributed by atoms with van der Waals surface area (Å²) in [7, 11) is 3.94. The predicted molar refractivity (Wildman–Crippen MR) is 164 cm³/mol. The molecule has 5 nitrogen and oxygen atoms in total. The number of carboxylic acid groups (broad SMARTS) is 1. The number of hydrogen-bond donors (Lipinski definition) is 1. The van der Waals surface area contributed by atoms with Gasteiger partial charge in [0.2, 0.25) is 0 Å². The first-order valence-electron chi connectivity index (χ1n) is 15.1. The Balaban J connectivity index is 0.000000263. The number of carboxylic acids is 1. The van der Waals surface area contributed by atoms with Crippen LogP contribution < -0.4 is 0 Å². The van der Waals surface area contributed by atoms with Crippen molar-refractivity contribution in [1.82, 2.24) is 9.80 Å². The van der Waals surface area contributed by atoms with Gasteiger partial charge in [-0.05, 0) is 98.1 Å². The molecule has 1 saturated carbocycles. The van der Waals surface area contributed by atoms with Gasteiger partial charge < -0.3 is 10.0 Å². The highest BCUT2D eigenvalue weighted by atomic mass is 35.5. The Labute approximate surface area is 263 Å². The van der Waals surface area contributed by atoms with E-state index in [1.807, 2.05) is 69.2 Å². The van der Waals surface area contributed by atoms with Crippen LogP contribution >= 0.6 is 11.6 Å². The van der Waals surface area contributed by atoms with E-state index in [0.29, 0.717) is 23.8 Å². The molecule has 1 N–H and O–H groups in total. The zero-order chi connectivity index (χ0) is 33.1. The molecule has 0 radical (unpaired) electrons. The number of aliphatic carboxylic acids is 1. The van der Waals surface area contributed by atoms with E-state index < -0.39 is 24.0 Å². The molecule has 11 heteroatoms. The molecular formula is C33H46ClF5N2O3. The minimum atomic E-state index is -5.12. The highest BCUT2D eigenvalue weighted by Gasteiger charge is 2.39. The molecule has 248 valence electrons. The highest BCUT2D eigenvalue weighted by molar-refractivity contribution is 6.30. The molecule has 2 aromatic rings. The van der Waals surface area contributed by atoms with Crippen molar-refractivity contribution in [2.24, 2.45) is 0 Å². The molecule has 0 spiro atoms. The van der Waals surface area contributed by atoms with Crippen molar-refractivity contribution in [2.75, 3.05) is 33.7 Å². The fraction of sp³-hybridized carbons (Fsp3) is 0.606. The fourth-order valence-corrected chi connectivity index (χ4v) is 6.33. The maximum atomic E-state index is 14.9. The van der Waals surface area contributed by atoms with Crippen LogP contribution in [0.2, 0.25) is 5.02 Å². The van der Waals surface area contributed by atoms with E-state index in [9.17, 15) is 32.0 Å². The Morgan fingerprint density at radius 3 is 2.20 bits per heavy atom. The van der Waals surface area contributed by atoms with Crippen molar-refractivity contribution in [3.8, 4) is 0 Å². The lowest BCUT2D eigenvalue weighted by molar-refractivity contribution is -0.416. The first-order valence-corrected chi connectivity index (χ1v) is 15.5. The van der Waals surface area contributed by atoms with Gasteiger partial charge in [0.05, 0.1) is 0 Å². The van der Waals surface area contributed by atoms with Gasteiger partial charge >= 0.3 is 12.3 Å². The first kappa shape index (κ1) is 37.9. The van der Waals surface area contributed by atoms with Crippen LogP contribution in [0.25, 0.3) is 0 Å². The lowest BCUT2D eigenvalue weighted by Gasteiger charge is -2.38. The topological polar surface area (TPSA) is 53.0 Å². The van der Waals surface area contributed by atoms with E-state index in [1.54, 1.807) is 0 Å². The van der Waals surface area contributed by atoms with Crippen molar-refractivity contribution < 1.29 is 36.9 Å². The zero-order valence-corrected chi connectivity index (χ0v) is 27.0. The Kier molecular flexibility index (Phi) is 15.0. The summed E-state index contributed by atoms with van der Waals surface area (Å²) < 4.78 is 55.3. The molecule has 2 aliphatic rings. The minimum Gasteiger partial charge on any atom is -0.480 e. The van der Waals surface area contributed by atoms with Gasteiger partial charge in [-0.1, -0.05) is 80.0 Å². The second-order valence-electron chi connectivity index (χ2n) is 11.9. The lowest BCUT2D eigenvalue weighted by atomic mass is 9.78.